The lowest BCUT2D eigenvalue weighted by Gasteiger charge is -2.45. The number of nitrogens with zero attached hydrogens (tertiary/aromatic N) is 1. The fraction of sp³-hybridized carbons (Fsp3) is 0.457. The molecular formula is C35H37NO15. The highest BCUT2D eigenvalue weighted by atomic mass is 16.8. The minimum absolute atomic E-state index is 0.156. The highest BCUT2D eigenvalue weighted by Crippen LogP contribution is 2.45. The van der Waals surface area contributed by atoms with Gasteiger partial charge in [0.05, 0.1) is 23.9 Å². The smallest absolute Gasteiger partial charge is 0.342 e. The zero-order valence-corrected chi connectivity index (χ0v) is 28.4. The summed E-state index contributed by atoms with van der Waals surface area (Å²) >= 11 is 0. The van der Waals surface area contributed by atoms with Gasteiger partial charge < -0.3 is 42.6 Å². The molecule has 0 radical (unpaired) electrons. The maximum absolute atomic E-state index is 13.7. The van der Waals surface area contributed by atoms with Gasteiger partial charge in [-0.15, -0.1) is 0 Å². The number of carbonyl (C=O) groups excluding carboxylic acids is 6. The highest BCUT2D eigenvalue weighted by Gasteiger charge is 2.55. The molecule has 1 aromatic heterocycles. The number of carbonyl (C=O) groups is 6. The normalized spacial score (nSPS) is 26.7. The Hall–Kier alpha value is -5.35. The summed E-state index contributed by atoms with van der Waals surface area (Å²) in [4.78, 5) is 78.1. The first-order chi connectivity index (χ1) is 24.3. The van der Waals surface area contributed by atoms with Crippen molar-refractivity contribution < 1.29 is 71.4 Å². The third-order valence-electron chi connectivity index (χ3n) is 8.25. The van der Waals surface area contributed by atoms with Gasteiger partial charge >= 0.3 is 35.8 Å². The molecule has 16 nitrogen and oxygen atoms in total. The van der Waals surface area contributed by atoms with Crippen LogP contribution in [0.15, 0.2) is 60.1 Å². The molecule has 16 heteroatoms. The number of rotatable bonds is 11. The summed E-state index contributed by atoms with van der Waals surface area (Å²) in [6, 6.07) is 7.26. The van der Waals surface area contributed by atoms with Gasteiger partial charge in [0.15, 0.2) is 24.1 Å². The van der Waals surface area contributed by atoms with Crippen molar-refractivity contribution >= 4 is 46.6 Å². The van der Waals surface area contributed by atoms with Crippen LogP contribution in [0.5, 0.6) is 5.75 Å². The Morgan fingerprint density at radius 2 is 1.45 bits per heavy atom. The van der Waals surface area contributed by atoms with E-state index in [1.54, 1.807) is 24.4 Å². The van der Waals surface area contributed by atoms with Gasteiger partial charge in [0.1, 0.15) is 19.3 Å². The summed E-state index contributed by atoms with van der Waals surface area (Å²) in [6.07, 6.45) is -2.16. The zero-order valence-electron chi connectivity index (χ0n) is 28.4. The van der Waals surface area contributed by atoms with Crippen molar-refractivity contribution in [3.63, 3.8) is 0 Å². The molecule has 1 fully saturated rings. The number of hydrogen-bond donors (Lipinski definition) is 0. The molecule has 2 aliphatic heterocycles. The second-order valence-corrected chi connectivity index (χ2v) is 12.0. The van der Waals surface area contributed by atoms with E-state index in [-0.39, 0.29) is 17.9 Å². The van der Waals surface area contributed by atoms with E-state index in [9.17, 15) is 28.8 Å². The van der Waals surface area contributed by atoms with Gasteiger partial charge in [-0.3, -0.25) is 29.0 Å². The Morgan fingerprint density at radius 1 is 0.784 bits per heavy atom. The van der Waals surface area contributed by atoms with Crippen molar-refractivity contribution in [1.82, 2.24) is 4.98 Å². The van der Waals surface area contributed by atoms with E-state index in [0.29, 0.717) is 17.4 Å². The van der Waals surface area contributed by atoms with Crippen molar-refractivity contribution in [2.45, 2.75) is 78.0 Å². The summed E-state index contributed by atoms with van der Waals surface area (Å²) in [5.41, 5.74) is 0.708. The number of ether oxygens (including phenoxy) is 9. The lowest BCUT2D eigenvalue weighted by Crippen LogP contribution is -2.63. The van der Waals surface area contributed by atoms with Crippen LogP contribution < -0.4 is 4.74 Å². The quantitative estimate of drug-likeness (QED) is 0.187. The maximum Gasteiger partial charge on any atom is 0.342 e. The van der Waals surface area contributed by atoms with Crippen LogP contribution in [0.25, 0.3) is 10.8 Å². The van der Waals surface area contributed by atoms with Crippen molar-refractivity contribution in [2.24, 2.45) is 11.8 Å². The minimum Gasteiger partial charge on any atom is -0.471 e. The molecule has 2 aromatic rings. The van der Waals surface area contributed by atoms with Crippen molar-refractivity contribution in [3.05, 3.63) is 60.1 Å². The third kappa shape index (κ3) is 8.88. The van der Waals surface area contributed by atoms with Gasteiger partial charge in [-0.05, 0) is 12.0 Å². The second-order valence-electron chi connectivity index (χ2n) is 12.0. The first-order valence-corrected chi connectivity index (χ1v) is 16.0. The predicted octanol–water partition coefficient (Wildman–Crippen LogP) is 2.61. The highest BCUT2D eigenvalue weighted by molar-refractivity contribution is 5.95. The van der Waals surface area contributed by atoms with E-state index in [1.807, 2.05) is 12.1 Å². The molecule has 1 aliphatic carbocycles. The van der Waals surface area contributed by atoms with Crippen LogP contribution in [0, 0.1) is 11.8 Å². The van der Waals surface area contributed by atoms with Crippen LogP contribution in [-0.2, 0) is 66.7 Å². The average Bonchev–Trinajstić information content (AvgIpc) is 3.49. The van der Waals surface area contributed by atoms with Crippen LogP contribution in [0.1, 0.15) is 41.0 Å². The Bertz CT molecular complexity index is 1750. The molecule has 0 amide bonds. The number of allylic oxidation sites excluding steroid dienone is 1. The predicted molar refractivity (Wildman–Crippen MR) is 170 cm³/mol. The Kier molecular flexibility index (Phi) is 11.7. The minimum atomic E-state index is -1.57. The van der Waals surface area contributed by atoms with E-state index < -0.39 is 91.3 Å². The van der Waals surface area contributed by atoms with Crippen molar-refractivity contribution in [1.29, 1.82) is 0 Å². The first-order valence-electron chi connectivity index (χ1n) is 16.0. The van der Waals surface area contributed by atoms with Crippen LogP contribution in [0.4, 0.5) is 0 Å². The molecular weight excluding hydrogens is 674 g/mol. The monoisotopic (exact) mass is 711 g/mol. The fourth-order valence-corrected chi connectivity index (χ4v) is 6.23. The summed E-state index contributed by atoms with van der Waals surface area (Å²) in [5, 5.41) is 1.43. The van der Waals surface area contributed by atoms with Gasteiger partial charge in [0, 0.05) is 57.5 Å². The molecule has 272 valence electrons. The molecule has 1 aromatic carbocycles. The molecule has 3 heterocycles. The van der Waals surface area contributed by atoms with Crippen LogP contribution >= 0.6 is 0 Å². The number of pyridine rings is 1. The molecule has 51 heavy (non-hydrogen) atoms. The van der Waals surface area contributed by atoms with E-state index in [2.05, 4.69) is 4.98 Å². The number of benzene rings is 1. The van der Waals surface area contributed by atoms with E-state index >= 15 is 0 Å². The number of aromatic nitrogens is 1. The van der Waals surface area contributed by atoms with Crippen LogP contribution in [-0.4, -0.2) is 91.0 Å². The molecule has 1 saturated heterocycles. The molecule has 5 rings (SSSR count). The Morgan fingerprint density at radius 3 is 2.14 bits per heavy atom. The van der Waals surface area contributed by atoms with Gasteiger partial charge in [-0.2, -0.15) is 0 Å². The Labute approximate surface area is 291 Å². The topological polar surface area (TPSA) is 198 Å². The van der Waals surface area contributed by atoms with Gasteiger partial charge in [0.2, 0.25) is 12.6 Å². The lowest BCUT2D eigenvalue weighted by molar-refractivity contribution is -0.342. The molecule has 0 saturated carbocycles. The molecule has 0 bridgehead atoms. The lowest BCUT2D eigenvalue weighted by atomic mass is 9.83. The molecule has 8 atom stereocenters. The zero-order chi connectivity index (χ0) is 36.8. The van der Waals surface area contributed by atoms with Gasteiger partial charge in [-0.25, -0.2) is 4.79 Å². The van der Waals surface area contributed by atoms with E-state index in [4.69, 9.17) is 42.6 Å². The van der Waals surface area contributed by atoms with Crippen LogP contribution in [0.3, 0.4) is 0 Å². The number of esters is 6. The first kappa shape index (κ1) is 36.9. The summed E-state index contributed by atoms with van der Waals surface area (Å²) in [7, 11) is 0. The third-order valence-corrected chi connectivity index (χ3v) is 8.25. The average molecular weight is 712 g/mol. The molecule has 0 N–H and O–H groups in total. The van der Waals surface area contributed by atoms with Gasteiger partial charge in [-0.1, -0.05) is 30.3 Å². The standard InChI is InChI=1S/C35H37NO15/c1-17(37)43-14-23-10-11-25-26(33(42)49-27-13-36-12-22-8-6-7-9-24(22)27)15-45-34(29(23)25)51-35-32(48-21(5)41)31(47-20(4)40)30(46-19(3)39)28(50-35)16-44-18(2)38/h6-10,12-13,15,25,28-32,34-35H,11,14,16H2,1-5H3/t25-,28-,29-,30-,31+,32-,34+,35+/m1/s1. The maximum atomic E-state index is 13.7. The largest absolute Gasteiger partial charge is 0.471 e. The summed E-state index contributed by atoms with van der Waals surface area (Å²) in [5.74, 6) is -5.50. The van der Waals surface area contributed by atoms with Crippen LogP contribution in [0.2, 0.25) is 0 Å². The SMILES string of the molecule is CC(=O)OCC1=CC[C@@H]2C(C(=O)Oc3cncc4ccccc34)=CO[C@@H](O[C@@H]3O[C@H](COC(C)=O)[C@@H](OC(C)=O)[C@H](OC(C)=O)[C@H]3OC(C)=O)[C@H]12. The number of hydrogen-bond acceptors (Lipinski definition) is 16. The van der Waals surface area contributed by atoms with Gasteiger partial charge in [0.25, 0.3) is 0 Å². The molecule has 0 spiro atoms. The van der Waals surface area contributed by atoms with Crippen molar-refractivity contribution in [2.75, 3.05) is 13.2 Å². The van der Waals surface area contributed by atoms with E-state index in [0.717, 1.165) is 33.1 Å². The number of fused-ring (bicyclic) bond motifs is 2. The van der Waals surface area contributed by atoms with E-state index in [1.165, 1.54) is 19.4 Å². The molecule has 3 aliphatic rings. The van der Waals surface area contributed by atoms with Crippen molar-refractivity contribution in [3.8, 4) is 5.75 Å². The Balaban J connectivity index is 1.48. The summed E-state index contributed by atoms with van der Waals surface area (Å²) < 4.78 is 51.1. The fourth-order valence-electron chi connectivity index (χ4n) is 6.23. The second kappa shape index (κ2) is 16.1. The molecule has 0 unspecified atom stereocenters. The summed E-state index contributed by atoms with van der Waals surface area (Å²) in [6.45, 7) is 5.08.